The third kappa shape index (κ3) is 4.14. The minimum Gasteiger partial charge on any atom is -0.378 e. The van der Waals surface area contributed by atoms with Crippen molar-refractivity contribution in [2.75, 3.05) is 23.9 Å². The van der Waals surface area contributed by atoms with Crippen LogP contribution in [0.1, 0.15) is 40.3 Å². The van der Waals surface area contributed by atoms with E-state index in [0.717, 1.165) is 44.7 Å². The molecule has 2 aromatic heterocycles. The summed E-state index contributed by atoms with van der Waals surface area (Å²) in [6.07, 6.45) is 1.84. The molecule has 1 saturated heterocycles. The van der Waals surface area contributed by atoms with E-state index in [0.29, 0.717) is 5.11 Å². The first-order valence-electron chi connectivity index (χ1n) is 12.0. The van der Waals surface area contributed by atoms with Crippen molar-refractivity contribution in [3.8, 4) is 5.69 Å². The fourth-order valence-corrected chi connectivity index (χ4v) is 5.67. The molecule has 36 heavy (non-hydrogen) atoms. The maximum atomic E-state index is 6.50. The first kappa shape index (κ1) is 24.3. The van der Waals surface area contributed by atoms with Gasteiger partial charge in [0.05, 0.1) is 17.8 Å². The topological polar surface area (TPSA) is 36.3 Å². The number of anilines is 2. The second-order valence-corrected chi connectivity index (χ2v) is 10.2. The van der Waals surface area contributed by atoms with E-state index < -0.39 is 0 Å². The molecule has 2 aromatic carbocycles. The van der Waals surface area contributed by atoms with Gasteiger partial charge in [-0.1, -0.05) is 23.7 Å². The van der Waals surface area contributed by atoms with Gasteiger partial charge in [-0.25, -0.2) is 0 Å². The number of benzene rings is 2. The monoisotopic (exact) mass is 515 g/mol. The molecule has 1 aliphatic heterocycles. The van der Waals surface area contributed by atoms with E-state index in [1.807, 2.05) is 44.6 Å². The Morgan fingerprint density at radius 2 is 1.72 bits per heavy atom. The van der Waals surface area contributed by atoms with Crippen molar-refractivity contribution < 1.29 is 0 Å². The molecule has 3 heterocycles. The van der Waals surface area contributed by atoms with Crippen molar-refractivity contribution in [3.63, 3.8) is 0 Å². The van der Waals surface area contributed by atoms with Crippen molar-refractivity contribution in [2.45, 2.75) is 32.9 Å². The van der Waals surface area contributed by atoms with Crippen LogP contribution in [0.3, 0.4) is 0 Å². The Balaban J connectivity index is 1.68. The average Bonchev–Trinajstić information content (AvgIpc) is 3.36. The number of aromatic nitrogens is 2. The molecule has 0 radical (unpaired) electrons. The predicted molar refractivity (Wildman–Crippen MR) is 154 cm³/mol. The van der Waals surface area contributed by atoms with Crippen LogP contribution in [0.2, 0.25) is 5.02 Å². The van der Waals surface area contributed by atoms with Crippen LogP contribution in [0.25, 0.3) is 5.69 Å². The predicted octanol–water partition coefficient (Wildman–Crippen LogP) is 6.69. The number of aryl methyl sites for hydroxylation is 1. The molecule has 0 unspecified atom stereocenters. The van der Waals surface area contributed by atoms with Gasteiger partial charge in [-0.2, -0.15) is 0 Å². The highest BCUT2D eigenvalue weighted by Crippen LogP contribution is 2.44. The van der Waals surface area contributed by atoms with E-state index in [2.05, 4.69) is 82.9 Å². The number of rotatable bonds is 5. The molecule has 0 bridgehead atoms. The molecular weight excluding hydrogens is 486 g/mol. The number of nitrogens with zero attached hydrogens (tertiary/aromatic N) is 4. The van der Waals surface area contributed by atoms with Gasteiger partial charge in [0, 0.05) is 53.8 Å². The molecule has 4 aromatic rings. The van der Waals surface area contributed by atoms with Crippen LogP contribution >= 0.6 is 23.8 Å². The van der Waals surface area contributed by atoms with E-state index >= 15 is 0 Å². The minimum absolute atomic E-state index is 0.0722. The molecule has 0 spiro atoms. The molecule has 1 fully saturated rings. The van der Waals surface area contributed by atoms with Crippen molar-refractivity contribution in [2.24, 2.45) is 0 Å². The molecule has 1 N–H and O–H groups in total. The zero-order chi connectivity index (χ0) is 25.6. The minimum atomic E-state index is -0.0957. The molecule has 0 saturated carbocycles. The molecule has 5 nitrogen and oxygen atoms in total. The van der Waals surface area contributed by atoms with Gasteiger partial charge in [0.15, 0.2) is 5.11 Å². The summed E-state index contributed by atoms with van der Waals surface area (Å²) in [6, 6.07) is 22.7. The number of hydrogen-bond acceptors (Lipinski definition) is 3. The summed E-state index contributed by atoms with van der Waals surface area (Å²) in [5, 5.41) is 5.03. The zero-order valence-electron chi connectivity index (χ0n) is 21.2. The van der Waals surface area contributed by atoms with Crippen LogP contribution in [0.5, 0.6) is 0 Å². The Bertz CT molecular complexity index is 1410. The second kappa shape index (κ2) is 9.60. The fraction of sp³-hybridized carbons (Fsp3) is 0.241. The Morgan fingerprint density at radius 1 is 0.972 bits per heavy atom. The molecule has 184 valence electrons. The van der Waals surface area contributed by atoms with Crippen LogP contribution in [0.4, 0.5) is 11.4 Å². The van der Waals surface area contributed by atoms with E-state index in [1.54, 1.807) is 0 Å². The maximum absolute atomic E-state index is 6.50. The van der Waals surface area contributed by atoms with E-state index in [9.17, 15) is 0 Å². The smallest absolute Gasteiger partial charge is 0.174 e. The number of nitrogens with one attached hydrogen (secondary N) is 1. The molecule has 7 heteroatoms. The largest absolute Gasteiger partial charge is 0.378 e. The van der Waals surface area contributed by atoms with Gasteiger partial charge in [-0.15, -0.1) is 0 Å². The second-order valence-electron chi connectivity index (χ2n) is 9.45. The third-order valence-corrected chi connectivity index (χ3v) is 7.74. The van der Waals surface area contributed by atoms with Crippen molar-refractivity contribution in [3.05, 3.63) is 106 Å². The van der Waals surface area contributed by atoms with Crippen molar-refractivity contribution in [1.29, 1.82) is 0 Å². The first-order valence-corrected chi connectivity index (χ1v) is 12.8. The summed E-state index contributed by atoms with van der Waals surface area (Å²) in [7, 11) is 4.09. The summed E-state index contributed by atoms with van der Waals surface area (Å²) in [5.41, 5.74) is 8.80. The maximum Gasteiger partial charge on any atom is 0.174 e. The fourth-order valence-electron chi connectivity index (χ4n) is 5.16. The highest BCUT2D eigenvalue weighted by molar-refractivity contribution is 7.80. The number of hydrogen-bond donors (Lipinski definition) is 1. The SMILES string of the molecule is Cc1c(Cl)cccc1-n1c(C)cc([C@@H]2[C@@H](c3ccccn3)NC(=S)N2c2ccc(N(C)C)cc2)c1C. The van der Waals surface area contributed by atoms with Crippen LogP contribution in [0, 0.1) is 20.8 Å². The third-order valence-electron chi connectivity index (χ3n) is 7.01. The lowest BCUT2D eigenvalue weighted by atomic mass is 9.96. The Hall–Kier alpha value is -3.35. The van der Waals surface area contributed by atoms with Gasteiger partial charge in [0.25, 0.3) is 0 Å². The normalized spacial score (nSPS) is 17.4. The molecule has 2 atom stereocenters. The molecule has 0 aliphatic carbocycles. The average molecular weight is 516 g/mol. The highest BCUT2D eigenvalue weighted by Gasteiger charge is 2.42. The van der Waals surface area contributed by atoms with Gasteiger partial charge in [-0.05, 0) is 98.7 Å². The Kier molecular flexibility index (Phi) is 6.49. The van der Waals surface area contributed by atoms with Crippen LogP contribution < -0.4 is 15.1 Å². The molecule has 5 rings (SSSR count). The quantitative estimate of drug-likeness (QED) is 0.299. The van der Waals surface area contributed by atoms with Gasteiger partial charge in [-0.3, -0.25) is 4.98 Å². The van der Waals surface area contributed by atoms with Gasteiger partial charge < -0.3 is 19.7 Å². The molecule has 1 aliphatic rings. The Labute approximate surface area is 223 Å². The first-order chi connectivity index (χ1) is 17.3. The van der Waals surface area contributed by atoms with E-state index in [-0.39, 0.29) is 12.1 Å². The zero-order valence-corrected chi connectivity index (χ0v) is 22.7. The lowest BCUT2D eigenvalue weighted by molar-refractivity contribution is 0.565. The number of thiocarbonyl (C=S) groups is 1. The summed E-state index contributed by atoms with van der Waals surface area (Å²) in [6.45, 7) is 6.38. The Morgan fingerprint density at radius 3 is 2.39 bits per heavy atom. The molecule has 0 amide bonds. The molecular formula is C29H30ClN5S. The van der Waals surface area contributed by atoms with Gasteiger partial charge in [0.1, 0.15) is 0 Å². The van der Waals surface area contributed by atoms with Gasteiger partial charge in [0.2, 0.25) is 0 Å². The summed E-state index contributed by atoms with van der Waals surface area (Å²) >= 11 is 12.4. The summed E-state index contributed by atoms with van der Waals surface area (Å²) < 4.78 is 2.29. The lowest BCUT2D eigenvalue weighted by Crippen LogP contribution is -2.29. The van der Waals surface area contributed by atoms with E-state index in [1.165, 1.54) is 5.56 Å². The van der Waals surface area contributed by atoms with Crippen molar-refractivity contribution in [1.82, 2.24) is 14.9 Å². The number of halogens is 1. The summed E-state index contributed by atoms with van der Waals surface area (Å²) in [5.74, 6) is 0. The van der Waals surface area contributed by atoms with Crippen LogP contribution in [-0.4, -0.2) is 28.8 Å². The number of pyridine rings is 1. The highest BCUT2D eigenvalue weighted by atomic mass is 35.5. The van der Waals surface area contributed by atoms with Crippen molar-refractivity contribution >= 4 is 40.3 Å². The van der Waals surface area contributed by atoms with Crippen LogP contribution in [-0.2, 0) is 0 Å². The van der Waals surface area contributed by atoms with Gasteiger partial charge >= 0.3 is 0 Å². The summed E-state index contributed by atoms with van der Waals surface area (Å²) in [4.78, 5) is 9.02. The standard InChI is InChI=1S/C29H30ClN5S/c1-18-17-23(20(3)34(18)26-11-8-9-24(30)19(26)2)28-27(25-10-6-7-16-31-25)32-29(36)35(28)22-14-12-21(13-15-22)33(4)5/h6-17,27-28H,1-5H3,(H,32,36)/t27-,28-/m1/s1. The van der Waals surface area contributed by atoms with Crippen LogP contribution in [0.15, 0.2) is 72.9 Å². The van der Waals surface area contributed by atoms with E-state index in [4.69, 9.17) is 28.8 Å². The lowest BCUT2D eigenvalue weighted by Gasteiger charge is -2.28.